The molecule has 0 aliphatic carbocycles. The molecule has 1 heteroatoms. The molecule has 0 unspecified atom stereocenters. The Morgan fingerprint density at radius 3 is 2.40 bits per heavy atom. The average molecular weight is 260 g/mol. The predicted molar refractivity (Wildman–Crippen MR) is 68.2 cm³/mol. The van der Waals surface area contributed by atoms with Crippen LogP contribution in [0.4, 0.5) is 0 Å². The van der Waals surface area contributed by atoms with Gasteiger partial charge in [0.15, 0.2) is 0 Å². The Hall–Kier alpha value is -1.08. The summed E-state index contributed by atoms with van der Waals surface area (Å²) in [6.45, 7) is 0. The smallest absolute Gasteiger partial charge is 0.00718 e. The molecule has 0 aliphatic heterocycles. The van der Waals surface area contributed by atoms with Crippen LogP contribution in [0.2, 0.25) is 0 Å². The van der Waals surface area contributed by atoms with Crippen molar-refractivity contribution in [3.8, 4) is 11.1 Å². The summed E-state index contributed by atoms with van der Waals surface area (Å²) in [4.78, 5) is 0. The van der Waals surface area contributed by atoms with Crippen molar-refractivity contribution in [2.24, 2.45) is 0 Å². The van der Waals surface area contributed by atoms with Crippen LogP contribution in [0.3, 0.4) is 0 Å². The van der Waals surface area contributed by atoms with Crippen LogP contribution in [0.5, 0.6) is 0 Å². The standard InChI is InChI=1S/C14H12Br/c15-11-10-12-6-8-14(9-7-12)13-4-2-1-3-5-13/h1-4,6-9H,10-11H2. The third-order valence-corrected chi connectivity index (χ3v) is 2.75. The van der Waals surface area contributed by atoms with Crippen LogP contribution >= 0.6 is 15.9 Å². The fourth-order valence-corrected chi connectivity index (χ4v) is 1.99. The number of rotatable bonds is 3. The van der Waals surface area contributed by atoms with Crippen molar-refractivity contribution in [2.75, 3.05) is 5.33 Å². The lowest BCUT2D eigenvalue weighted by Crippen LogP contribution is -1.85. The van der Waals surface area contributed by atoms with Gasteiger partial charge in [0, 0.05) is 5.33 Å². The zero-order valence-electron chi connectivity index (χ0n) is 8.41. The molecule has 2 aromatic rings. The SMILES string of the molecule is BrCCc1ccc(-c2[c]cccc2)cc1. The molecule has 0 nitrogen and oxygen atoms in total. The second kappa shape index (κ2) is 5.13. The van der Waals surface area contributed by atoms with Crippen LogP contribution in [0.15, 0.2) is 48.5 Å². The summed E-state index contributed by atoms with van der Waals surface area (Å²) in [5.74, 6) is 0. The Labute approximate surface area is 99.1 Å². The van der Waals surface area contributed by atoms with E-state index in [9.17, 15) is 0 Å². The van der Waals surface area contributed by atoms with Crippen LogP contribution in [0, 0.1) is 6.07 Å². The summed E-state index contributed by atoms with van der Waals surface area (Å²) in [6, 6.07) is 20.0. The normalized spacial score (nSPS) is 10.2. The Balaban J connectivity index is 2.24. The summed E-state index contributed by atoms with van der Waals surface area (Å²) < 4.78 is 0. The minimum Gasteiger partial charge on any atom is -0.0924 e. The molecule has 0 N–H and O–H groups in total. The van der Waals surface area contributed by atoms with E-state index >= 15 is 0 Å². The quantitative estimate of drug-likeness (QED) is 0.729. The van der Waals surface area contributed by atoms with Gasteiger partial charge in [-0.15, -0.1) is 0 Å². The van der Waals surface area contributed by atoms with E-state index in [0.717, 1.165) is 17.3 Å². The molecule has 2 aromatic carbocycles. The maximum atomic E-state index is 3.44. The van der Waals surface area contributed by atoms with E-state index in [4.69, 9.17) is 0 Å². The maximum Gasteiger partial charge on any atom is 0.00718 e. The first kappa shape index (κ1) is 10.4. The van der Waals surface area contributed by atoms with Gasteiger partial charge in [-0.3, -0.25) is 0 Å². The van der Waals surface area contributed by atoms with E-state index in [-0.39, 0.29) is 0 Å². The average Bonchev–Trinajstić information content (AvgIpc) is 2.32. The predicted octanol–water partition coefficient (Wildman–Crippen LogP) is 4.09. The Bertz CT molecular complexity index is 403. The van der Waals surface area contributed by atoms with Gasteiger partial charge in [-0.25, -0.2) is 0 Å². The minimum atomic E-state index is 1.02. The Morgan fingerprint density at radius 1 is 1.00 bits per heavy atom. The highest BCUT2D eigenvalue weighted by molar-refractivity contribution is 9.09. The maximum absolute atomic E-state index is 3.44. The lowest BCUT2D eigenvalue weighted by atomic mass is 10.0. The molecule has 0 heterocycles. The zero-order chi connectivity index (χ0) is 10.5. The van der Waals surface area contributed by atoms with Gasteiger partial charge in [-0.2, -0.15) is 0 Å². The van der Waals surface area contributed by atoms with Crippen LogP contribution in [0.1, 0.15) is 5.56 Å². The minimum absolute atomic E-state index is 1.02. The highest BCUT2D eigenvalue weighted by Crippen LogP contribution is 2.18. The van der Waals surface area contributed by atoms with E-state index in [1.165, 1.54) is 11.1 Å². The molecule has 0 amide bonds. The molecule has 0 atom stereocenters. The third kappa shape index (κ3) is 2.69. The number of alkyl halides is 1. The van der Waals surface area contributed by atoms with Crippen LogP contribution in [0.25, 0.3) is 11.1 Å². The van der Waals surface area contributed by atoms with Crippen molar-refractivity contribution in [1.29, 1.82) is 0 Å². The third-order valence-electron chi connectivity index (χ3n) is 2.36. The first-order valence-electron chi connectivity index (χ1n) is 5.02. The molecule has 1 radical (unpaired) electrons. The van der Waals surface area contributed by atoms with Gasteiger partial charge in [0.2, 0.25) is 0 Å². The van der Waals surface area contributed by atoms with E-state index in [0.29, 0.717) is 0 Å². The number of halogens is 1. The lowest BCUT2D eigenvalue weighted by Gasteiger charge is -2.02. The van der Waals surface area contributed by atoms with Crippen molar-refractivity contribution in [2.45, 2.75) is 6.42 Å². The molecule has 0 aliphatic rings. The van der Waals surface area contributed by atoms with Crippen molar-refractivity contribution in [3.63, 3.8) is 0 Å². The topological polar surface area (TPSA) is 0 Å². The summed E-state index contributed by atoms with van der Waals surface area (Å²) >= 11 is 3.44. The molecule has 0 spiro atoms. The first-order chi connectivity index (χ1) is 7.40. The summed E-state index contributed by atoms with van der Waals surface area (Å²) in [6.07, 6.45) is 1.08. The second-order valence-electron chi connectivity index (χ2n) is 3.41. The zero-order valence-corrected chi connectivity index (χ0v) is 10.00. The fraction of sp³-hybridized carbons (Fsp3) is 0.143. The van der Waals surface area contributed by atoms with Crippen LogP contribution < -0.4 is 0 Å². The van der Waals surface area contributed by atoms with Crippen LogP contribution in [-0.4, -0.2) is 5.33 Å². The van der Waals surface area contributed by atoms with Gasteiger partial charge < -0.3 is 0 Å². The van der Waals surface area contributed by atoms with E-state index in [2.05, 4.69) is 52.3 Å². The summed E-state index contributed by atoms with van der Waals surface area (Å²) in [5, 5.41) is 1.02. The molecule has 15 heavy (non-hydrogen) atoms. The largest absolute Gasteiger partial charge is 0.0924 e. The highest BCUT2D eigenvalue weighted by Gasteiger charge is 1.96. The van der Waals surface area contributed by atoms with Gasteiger partial charge in [0.05, 0.1) is 0 Å². The van der Waals surface area contributed by atoms with E-state index < -0.39 is 0 Å². The monoisotopic (exact) mass is 259 g/mol. The summed E-state index contributed by atoms with van der Waals surface area (Å²) in [7, 11) is 0. The Kier molecular flexibility index (Phi) is 3.57. The van der Waals surface area contributed by atoms with Gasteiger partial charge in [-0.05, 0) is 29.2 Å². The van der Waals surface area contributed by atoms with Gasteiger partial charge in [-0.1, -0.05) is 64.5 Å². The van der Waals surface area contributed by atoms with Gasteiger partial charge >= 0.3 is 0 Å². The number of hydrogen-bond donors (Lipinski definition) is 0. The van der Waals surface area contributed by atoms with Crippen molar-refractivity contribution in [3.05, 3.63) is 60.2 Å². The number of benzene rings is 2. The number of aryl methyl sites for hydroxylation is 1. The molecular weight excluding hydrogens is 248 g/mol. The Morgan fingerprint density at radius 2 is 1.80 bits per heavy atom. The summed E-state index contributed by atoms with van der Waals surface area (Å²) in [5.41, 5.74) is 3.75. The van der Waals surface area contributed by atoms with Crippen LogP contribution in [-0.2, 0) is 6.42 Å². The lowest BCUT2D eigenvalue weighted by molar-refractivity contribution is 1.17. The van der Waals surface area contributed by atoms with Crippen molar-refractivity contribution < 1.29 is 0 Å². The number of hydrogen-bond acceptors (Lipinski definition) is 0. The van der Waals surface area contributed by atoms with Crippen molar-refractivity contribution in [1.82, 2.24) is 0 Å². The van der Waals surface area contributed by atoms with Gasteiger partial charge in [0.1, 0.15) is 0 Å². The van der Waals surface area contributed by atoms with E-state index in [1.807, 2.05) is 18.2 Å². The molecule has 0 bridgehead atoms. The molecule has 0 saturated heterocycles. The highest BCUT2D eigenvalue weighted by atomic mass is 79.9. The molecular formula is C14H12Br. The first-order valence-corrected chi connectivity index (χ1v) is 6.14. The molecule has 0 aromatic heterocycles. The molecule has 0 saturated carbocycles. The van der Waals surface area contributed by atoms with Gasteiger partial charge in [0.25, 0.3) is 0 Å². The van der Waals surface area contributed by atoms with Crippen molar-refractivity contribution >= 4 is 15.9 Å². The van der Waals surface area contributed by atoms with E-state index in [1.54, 1.807) is 0 Å². The second-order valence-corrected chi connectivity index (χ2v) is 4.21. The fourth-order valence-electron chi connectivity index (χ4n) is 1.53. The molecule has 75 valence electrons. The molecule has 0 fully saturated rings. The molecule has 2 rings (SSSR count).